The minimum Gasteiger partial charge on any atom is -0.497 e. The molecule has 164 valence electrons. The monoisotopic (exact) mass is 443 g/mol. The van der Waals surface area contributed by atoms with Gasteiger partial charge in [0.05, 0.1) is 24.4 Å². The Morgan fingerprint density at radius 3 is 2.19 bits per heavy atom. The van der Waals surface area contributed by atoms with Crippen molar-refractivity contribution in [1.82, 2.24) is 5.32 Å². The molecule has 0 bridgehead atoms. The topological polar surface area (TPSA) is 94.8 Å². The molecule has 3 aromatic rings. The van der Waals surface area contributed by atoms with Crippen molar-refractivity contribution in [3.05, 3.63) is 78.3 Å². The largest absolute Gasteiger partial charge is 0.497 e. The third kappa shape index (κ3) is 5.46. The molecule has 7 nitrogen and oxygen atoms in total. The van der Waals surface area contributed by atoms with E-state index in [0.717, 1.165) is 0 Å². The Balaban J connectivity index is 1.78. The number of sulfone groups is 1. The standard InChI is InChI=1S/C23H25NO6S/c1-16(2)30-19-8-6-17(7-9-19)23(25)24-15-22(21-5-4-14-29-21)31(26,27)20-12-10-18(28-3)11-13-20/h4-14,16,22H,15H2,1-3H3,(H,24,25)/t22-/m1/s1. The van der Waals surface area contributed by atoms with Crippen molar-refractivity contribution >= 4 is 15.7 Å². The molecule has 0 aliphatic rings. The van der Waals surface area contributed by atoms with Crippen LogP contribution in [0.3, 0.4) is 0 Å². The average molecular weight is 444 g/mol. The molecule has 1 heterocycles. The maximum atomic E-state index is 13.3. The van der Waals surface area contributed by atoms with E-state index in [-0.39, 0.29) is 23.3 Å². The Bertz CT molecular complexity index is 1090. The van der Waals surface area contributed by atoms with E-state index in [2.05, 4.69) is 5.32 Å². The van der Waals surface area contributed by atoms with E-state index >= 15 is 0 Å². The molecule has 0 saturated heterocycles. The first-order valence-corrected chi connectivity index (χ1v) is 11.3. The summed E-state index contributed by atoms with van der Waals surface area (Å²) >= 11 is 0. The lowest BCUT2D eigenvalue weighted by molar-refractivity contribution is 0.0953. The number of hydrogen-bond donors (Lipinski definition) is 1. The fourth-order valence-electron chi connectivity index (χ4n) is 3.01. The maximum absolute atomic E-state index is 13.3. The van der Waals surface area contributed by atoms with Gasteiger partial charge >= 0.3 is 0 Å². The molecule has 3 rings (SSSR count). The fraction of sp³-hybridized carbons (Fsp3) is 0.261. The summed E-state index contributed by atoms with van der Waals surface area (Å²) < 4.78 is 42.6. The van der Waals surface area contributed by atoms with Crippen molar-refractivity contribution in [1.29, 1.82) is 0 Å². The number of rotatable bonds is 9. The number of amides is 1. The van der Waals surface area contributed by atoms with Crippen LogP contribution in [0.4, 0.5) is 0 Å². The zero-order valence-electron chi connectivity index (χ0n) is 17.6. The van der Waals surface area contributed by atoms with Crippen LogP contribution >= 0.6 is 0 Å². The van der Waals surface area contributed by atoms with Gasteiger partial charge in [-0.1, -0.05) is 0 Å². The van der Waals surface area contributed by atoms with Gasteiger partial charge in [0.15, 0.2) is 9.84 Å². The first-order valence-electron chi connectivity index (χ1n) is 9.77. The quantitative estimate of drug-likeness (QED) is 0.537. The average Bonchev–Trinajstić information content (AvgIpc) is 3.28. The molecule has 0 saturated carbocycles. The van der Waals surface area contributed by atoms with Gasteiger partial charge in [0.1, 0.15) is 22.5 Å². The second-order valence-corrected chi connectivity index (χ2v) is 9.26. The van der Waals surface area contributed by atoms with E-state index in [4.69, 9.17) is 13.9 Å². The molecule has 0 unspecified atom stereocenters. The van der Waals surface area contributed by atoms with Crippen molar-refractivity contribution in [3.8, 4) is 11.5 Å². The Morgan fingerprint density at radius 2 is 1.65 bits per heavy atom. The highest BCUT2D eigenvalue weighted by molar-refractivity contribution is 7.91. The van der Waals surface area contributed by atoms with Crippen molar-refractivity contribution < 1.29 is 27.1 Å². The van der Waals surface area contributed by atoms with Crippen LogP contribution in [0.25, 0.3) is 0 Å². The molecule has 1 atom stereocenters. The zero-order valence-corrected chi connectivity index (χ0v) is 18.4. The lowest BCUT2D eigenvalue weighted by atomic mass is 10.2. The highest BCUT2D eigenvalue weighted by Gasteiger charge is 2.32. The molecule has 0 radical (unpaired) electrons. The normalized spacial score (nSPS) is 12.4. The molecule has 0 aliphatic carbocycles. The zero-order chi connectivity index (χ0) is 22.4. The number of furan rings is 1. The molecule has 0 fully saturated rings. The lowest BCUT2D eigenvalue weighted by Crippen LogP contribution is -2.31. The van der Waals surface area contributed by atoms with E-state index in [1.54, 1.807) is 48.5 Å². The molecule has 0 aliphatic heterocycles. The number of nitrogens with one attached hydrogen (secondary N) is 1. The molecule has 1 aromatic heterocycles. The summed E-state index contributed by atoms with van der Waals surface area (Å²) in [7, 11) is -2.32. The molecule has 1 amide bonds. The van der Waals surface area contributed by atoms with Gasteiger partial charge in [-0.2, -0.15) is 0 Å². The minimum absolute atomic E-state index is 0.0249. The smallest absolute Gasteiger partial charge is 0.251 e. The van der Waals surface area contributed by atoms with E-state index in [1.807, 2.05) is 13.8 Å². The summed E-state index contributed by atoms with van der Waals surface area (Å²) in [4.78, 5) is 12.7. The minimum atomic E-state index is -3.83. The predicted octanol–water partition coefficient (Wildman–Crippen LogP) is 4.02. The second-order valence-electron chi connectivity index (χ2n) is 7.13. The summed E-state index contributed by atoms with van der Waals surface area (Å²) in [6.07, 6.45) is 1.43. The Hall–Kier alpha value is -3.26. The number of carbonyl (C=O) groups is 1. The van der Waals surface area contributed by atoms with Gasteiger partial charge < -0.3 is 19.2 Å². The Morgan fingerprint density at radius 1 is 1.00 bits per heavy atom. The van der Waals surface area contributed by atoms with Crippen LogP contribution in [-0.2, 0) is 9.84 Å². The van der Waals surface area contributed by atoms with Crippen LogP contribution in [-0.4, -0.2) is 34.1 Å². The van der Waals surface area contributed by atoms with Crippen molar-refractivity contribution in [2.45, 2.75) is 30.1 Å². The molecule has 8 heteroatoms. The highest BCUT2D eigenvalue weighted by atomic mass is 32.2. The van der Waals surface area contributed by atoms with E-state index in [0.29, 0.717) is 17.1 Å². The van der Waals surface area contributed by atoms with Crippen molar-refractivity contribution in [2.24, 2.45) is 0 Å². The van der Waals surface area contributed by atoms with Gasteiger partial charge in [-0.3, -0.25) is 4.79 Å². The molecule has 0 spiro atoms. The van der Waals surface area contributed by atoms with Crippen LogP contribution in [0.15, 0.2) is 76.2 Å². The third-order valence-corrected chi connectivity index (χ3v) is 6.64. The summed E-state index contributed by atoms with van der Waals surface area (Å²) in [5.41, 5.74) is 0.399. The Labute approximate surface area is 181 Å². The van der Waals surface area contributed by atoms with E-state index in [1.165, 1.54) is 25.5 Å². The van der Waals surface area contributed by atoms with Gasteiger partial charge in [0, 0.05) is 12.1 Å². The number of carbonyl (C=O) groups excluding carboxylic acids is 1. The summed E-state index contributed by atoms with van der Waals surface area (Å²) in [5.74, 6) is 1.06. The SMILES string of the molecule is COc1ccc(S(=O)(=O)[C@H](CNC(=O)c2ccc(OC(C)C)cc2)c2ccco2)cc1. The molecule has 1 N–H and O–H groups in total. The van der Waals surface area contributed by atoms with Gasteiger partial charge in [-0.25, -0.2) is 8.42 Å². The summed E-state index contributed by atoms with van der Waals surface area (Å²) in [6.45, 7) is 3.68. The Kier molecular flexibility index (Phi) is 7.02. The molecular weight excluding hydrogens is 418 g/mol. The van der Waals surface area contributed by atoms with Crippen LogP contribution in [0.5, 0.6) is 11.5 Å². The number of hydrogen-bond acceptors (Lipinski definition) is 6. The first-order chi connectivity index (χ1) is 14.8. The summed E-state index contributed by atoms with van der Waals surface area (Å²) in [6, 6.07) is 16.0. The maximum Gasteiger partial charge on any atom is 0.251 e. The van der Waals surface area contributed by atoms with Gasteiger partial charge in [-0.05, 0) is 74.5 Å². The van der Waals surface area contributed by atoms with Crippen LogP contribution in [0, 0.1) is 0 Å². The molecule has 2 aromatic carbocycles. The van der Waals surface area contributed by atoms with Gasteiger partial charge in [-0.15, -0.1) is 0 Å². The highest BCUT2D eigenvalue weighted by Crippen LogP contribution is 2.30. The van der Waals surface area contributed by atoms with Crippen LogP contribution in [0.2, 0.25) is 0 Å². The van der Waals surface area contributed by atoms with E-state index in [9.17, 15) is 13.2 Å². The van der Waals surface area contributed by atoms with Crippen molar-refractivity contribution in [3.63, 3.8) is 0 Å². The lowest BCUT2D eigenvalue weighted by Gasteiger charge is -2.17. The van der Waals surface area contributed by atoms with Gasteiger partial charge in [0.25, 0.3) is 5.91 Å². The van der Waals surface area contributed by atoms with E-state index < -0.39 is 21.0 Å². The van der Waals surface area contributed by atoms with Crippen LogP contribution < -0.4 is 14.8 Å². The number of ether oxygens (including phenoxy) is 2. The second kappa shape index (κ2) is 9.70. The first kappa shape index (κ1) is 22.4. The third-order valence-electron chi connectivity index (χ3n) is 4.56. The molecular formula is C23H25NO6S. The summed E-state index contributed by atoms with van der Waals surface area (Å²) in [5, 5.41) is 1.62. The predicted molar refractivity (Wildman–Crippen MR) is 116 cm³/mol. The van der Waals surface area contributed by atoms with Crippen LogP contribution in [0.1, 0.15) is 35.2 Å². The van der Waals surface area contributed by atoms with Crippen molar-refractivity contribution in [2.75, 3.05) is 13.7 Å². The number of methoxy groups -OCH3 is 1. The fourth-order valence-corrected chi connectivity index (χ4v) is 4.60. The van der Waals surface area contributed by atoms with Gasteiger partial charge in [0.2, 0.25) is 0 Å². The molecule has 31 heavy (non-hydrogen) atoms. The number of benzene rings is 2.